The molecule has 7 nitrogen and oxygen atoms in total. The number of aromatic nitrogens is 1. The van der Waals surface area contributed by atoms with Crippen LogP contribution in [0.2, 0.25) is 0 Å². The molecule has 0 unspecified atom stereocenters. The third-order valence-electron chi connectivity index (χ3n) is 3.69. The summed E-state index contributed by atoms with van der Waals surface area (Å²) in [6, 6.07) is 13.1. The van der Waals surface area contributed by atoms with Crippen LogP contribution in [0, 0.1) is 17.0 Å². The summed E-state index contributed by atoms with van der Waals surface area (Å²) in [7, 11) is 1.32. The second-order valence-corrected chi connectivity index (χ2v) is 5.47. The van der Waals surface area contributed by atoms with Gasteiger partial charge in [0.05, 0.1) is 23.1 Å². The molecule has 0 aliphatic rings. The van der Waals surface area contributed by atoms with E-state index < -0.39 is 10.9 Å². The number of anilines is 2. The number of nitro benzene ring substituents is 1. The summed E-state index contributed by atoms with van der Waals surface area (Å²) in [5, 5.41) is 14.8. The summed E-state index contributed by atoms with van der Waals surface area (Å²) in [6.45, 7) is 1.85. The molecule has 0 saturated heterocycles. The van der Waals surface area contributed by atoms with Crippen LogP contribution in [-0.2, 0) is 4.74 Å². The average molecular weight is 337 g/mol. The molecule has 0 spiro atoms. The van der Waals surface area contributed by atoms with Crippen LogP contribution in [0.5, 0.6) is 0 Å². The van der Waals surface area contributed by atoms with Crippen molar-refractivity contribution in [2.75, 3.05) is 12.4 Å². The Morgan fingerprint density at radius 3 is 2.72 bits per heavy atom. The predicted octanol–water partition coefficient (Wildman–Crippen LogP) is 3.98. The molecule has 7 heteroatoms. The van der Waals surface area contributed by atoms with Crippen LogP contribution in [0.1, 0.15) is 16.1 Å². The number of hydrogen-bond donors (Lipinski definition) is 1. The molecule has 1 aromatic heterocycles. The topological polar surface area (TPSA) is 94.4 Å². The van der Waals surface area contributed by atoms with Crippen molar-refractivity contribution in [2.24, 2.45) is 0 Å². The zero-order valence-corrected chi connectivity index (χ0v) is 13.6. The minimum atomic E-state index is -0.448. The molecule has 0 saturated carbocycles. The minimum Gasteiger partial charge on any atom is -0.465 e. The van der Waals surface area contributed by atoms with Gasteiger partial charge < -0.3 is 10.1 Å². The van der Waals surface area contributed by atoms with Crippen molar-refractivity contribution >= 4 is 33.9 Å². The number of nitrogens with one attached hydrogen (secondary N) is 1. The van der Waals surface area contributed by atoms with Crippen LogP contribution >= 0.6 is 0 Å². The lowest BCUT2D eigenvalue weighted by Gasteiger charge is -2.12. The summed E-state index contributed by atoms with van der Waals surface area (Å²) in [5.74, 6) is -0.441. The van der Waals surface area contributed by atoms with Crippen LogP contribution < -0.4 is 5.32 Å². The van der Waals surface area contributed by atoms with E-state index in [9.17, 15) is 14.9 Å². The monoisotopic (exact) mass is 337 g/mol. The molecule has 0 aliphatic heterocycles. The molecule has 1 N–H and O–H groups in total. The van der Waals surface area contributed by atoms with E-state index in [1.165, 1.54) is 19.2 Å². The number of hydrogen-bond acceptors (Lipinski definition) is 6. The van der Waals surface area contributed by atoms with Gasteiger partial charge in [0.2, 0.25) is 0 Å². The van der Waals surface area contributed by atoms with Crippen LogP contribution in [0.4, 0.5) is 17.1 Å². The number of pyridine rings is 1. The first-order valence-corrected chi connectivity index (χ1v) is 7.49. The highest BCUT2D eigenvalue weighted by Crippen LogP contribution is 2.29. The molecule has 3 rings (SSSR count). The van der Waals surface area contributed by atoms with Gasteiger partial charge in [-0.05, 0) is 37.3 Å². The number of carbonyl (C=O) groups excluding carboxylic acids is 1. The third-order valence-corrected chi connectivity index (χ3v) is 3.69. The van der Waals surface area contributed by atoms with Gasteiger partial charge in [0.25, 0.3) is 5.69 Å². The number of methoxy groups -OCH3 is 1. The molecule has 1 heterocycles. The molecule has 0 bridgehead atoms. The quantitative estimate of drug-likeness (QED) is 0.439. The van der Waals surface area contributed by atoms with E-state index in [0.29, 0.717) is 22.5 Å². The summed E-state index contributed by atoms with van der Waals surface area (Å²) < 4.78 is 4.75. The van der Waals surface area contributed by atoms with Gasteiger partial charge in [-0.3, -0.25) is 15.1 Å². The fourth-order valence-electron chi connectivity index (χ4n) is 2.56. The smallest absolute Gasteiger partial charge is 0.337 e. The van der Waals surface area contributed by atoms with Gasteiger partial charge in [0, 0.05) is 34.6 Å². The standard InChI is InChI=1S/C18H15N3O4/c1-11-8-17(20-13-4-3-5-14(10-13)21(23)24)15-9-12(18(22)25-2)6-7-16(15)19-11/h3-10H,1-2H3,(H,19,20). The number of esters is 1. The highest BCUT2D eigenvalue weighted by Gasteiger charge is 2.11. The van der Waals surface area contributed by atoms with E-state index in [2.05, 4.69) is 10.3 Å². The fourth-order valence-corrected chi connectivity index (χ4v) is 2.56. The Balaban J connectivity index is 2.09. The van der Waals surface area contributed by atoms with Gasteiger partial charge in [-0.25, -0.2) is 4.79 Å². The Labute approximate surface area is 143 Å². The van der Waals surface area contributed by atoms with E-state index >= 15 is 0 Å². The van der Waals surface area contributed by atoms with Crippen molar-refractivity contribution < 1.29 is 14.5 Å². The lowest BCUT2D eigenvalue weighted by atomic mass is 10.1. The first-order chi connectivity index (χ1) is 12.0. The first-order valence-electron chi connectivity index (χ1n) is 7.49. The largest absolute Gasteiger partial charge is 0.465 e. The molecule has 126 valence electrons. The zero-order chi connectivity index (χ0) is 18.0. The molecule has 0 fully saturated rings. The number of aryl methyl sites for hydroxylation is 1. The fraction of sp³-hybridized carbons (Fsp3) is 0.111. The molecule has 2 aromatic carbocycles. The molecule has 0 amide bonds. The second-order valence-electron chi connectivity index (χ2n) is 5.47. The summed E-state index contributed by atoms with van der Waals surface area (Å²) in [4.78, 5) is 26.7. The number of fused-ring (bicyclic) bond motifs is 1. The number of nitro groups is 1. The zero-order valence-electron chi connectivity index (χ0n) is 13.6. The Hall–Kier alpha value is -3.48. The van der Waals surface area contributed by atoms with Gasteiger partial charge >= 0.3 is 5.97 Å². The molecular formula is C18H15N3O4. The molecule has 0 aliphatic carbocycles. The summed E-state index contributed by atoms with van der Waals surface area (Å²) in [6.07, 6.45) is 0. The van der Waals surface area contributed by atoms with E-state index in [1.807, 2.05) is 13.0 Å². The summed E-state index contributed by atoms with van der Waals surface area (Å²) in [5.41, 5.74) is 3.17. The van der Waals surface area contributed by atoms with Gasteiger partial charge in [-0.15, -0.1) is 0 Å². The number of non-ortho nitro benzene ring substituents is 1. The maximum Gasteiger partial charge on any atom is 0.337 e. The van der Waals surface area contributed by atoms with E-state index in [1.54, 1.807) is 30.3 Å². The Bertz CT molecular complexity index is 985. The highest BCUT2D eigenvalue weighted by molar-refractivity contribution is 5.99. The highest BCUT2D eigenvalue weighted by atomic mass is 16.6. The average Bonchev–Trinajstić information content (AvgIpc) is 2.60. The molecule has 3 aromatic rings. The van der Waals surface area contributed by atoms with Crippen LogP contribution in [0.25, 0.3) is 10.9 Å². The Morgan fingerprint density at radius 1 is 1.20 bits per heavy atom. The first kappa shape index (κ1) is 16.4. The Morgan fingerprint density at radius 2 is 2.00 bits per heavy atom. The number of carbonyl (C=O) groups is 1. The Kier molecular flexibility index (Phi) is 4.30. The predicted molar refractivity (Wildman–Crippen MR) is 94.2 cm³/mol. The summed E-state index contributed by atoms with van der Waals surface area (Å²) >= 11 is 0. The minimum absolute atomic E-state index is 0.00432. The lowest BCUT2D eigenvalue weighted by molar-refractivity contribution is -0.384. The number of benzene rings is 2. The van der Waals surface area contributed by atoms with Gasteiger partial charge in [0.15, 0.2) is 0 Å². The number of ether oxygens (including phenoxy) is 1. The van der Waals surface area contributed by atoms with Crippen molar-refractivity contribution in [3.05, 3.63) is 69.9 Å². The lowest BCUT2D eigenvalue weighted by Crippen LogP contribution is -2.02. The second kappa shape index (κ2) is 6.56. The molecular weight excluding hydrogens is 322 g/mol. The SMILES string of the molecule is COC(=O)c1ccc2nc(C)cc(Nc3cccc([N+](=O)[O-])c3)c2c1. The van der Waals surface area contributed by atoms with Crippen molar-refractivity contribution in [2.45, 2.75) is 6.92 Å². The normalized spacial score (nSPS) is 10.5. The van der Waals surface area contributed by atoms with Crippen LogP contribution in [0.15, 0.2) is 48.5 Å². The van der Waals surface area contributed by atoms with Crippen molar-refractivity contribution in [3.63, 3.8) is 0 Å². The van der Waals surface area contributed by atoms with Crippen molar-refractivity contribution in [1.82, 2.24) is 4.98 Å². The maximum atomic E-state index is 11.8. The van der Waals surface area contributed by atoms with Crippen molar-refractivity contribution in [1.29, 1.82) is 0 Å². The molecule has 0 atom stereocenters. The molecule has 25 heavy (non-hydrogen) atoms. The van der Waals surface area contributed by atoms with E-state index in [0.717, 1.165) is 11.1 Å². The van der Waals surface area contributed by atoms with Crippen molar-refractivity contribution in [3.8, 4) is 0 Å². The van der Waals surface area contributed by atoms with Gasteiger partial charge in [-0.1, -0.05) is 6.07 Å². The van der Waals surface area contributed by atoms with E-state index in [4.69, 9.17) is 4.74 Å². The van der Waals surface area contributed by atoms with Crippen LogP contribution in [0.3, 0.4) is 0 Å². The van der Waals surface area contributed by atoms with Gasteiger partial charge in [-0.2, -0.15) is 0 Å². The maximum absolute atomic E-state index is 11.8. The van der Waals surface area contributed by atoms with Crippen LogP contribution in [-0.4, -0.2) is 23.0 Å². The number of rotatable bonds is 4. The van der Waals surface area contributed by atoms with Gasteiger partial charge in [0.1, 0.15) is 0 Å². The molecule has 0 radical (unpaired) electrons. The number of nitrogens with zero attached hydrogens (tertiary/aromatic N) is 2. The third kappa shape index (κ3) is 3.40. The van der Waals surface area contributed by atoms with E-state index in [-0.39, 0.29) is 5.69 Å².